The van der Waals surface area contributed by atoms with E-state index in [-0.39, 0.29) is 12.1 Å². The molecule has 0 amide bonds. The fourth-order valence-corrected chi connectivity index (χ4v) is 1.94. The highest BCUT2D eigenvalue weighted by molar-refractivity contribution is 5.93. The first kappa shape index (κ1) is 14.6. The van der Waals surface area contributed by atoms with Crippen molar-refractivity contribution < 1.29 is 14.3 Å². The molecule has 3 heteroatoms. The van der Waals surface area contributed by atoms with E-state index >= 15 is 0 Å². The molecule has 0 radical (unpaired) electrons. The Balaban J connectivity index is 3.24. The van der Waals surface area contributed by atoms with E-state index in [2.05, 4.69) is 0 Å². The van der Waals surface area contributed by atoms with Gasteiger partial charge in [0.1, 0.15) is 5.75 Å². The van der Waals surface area contributed by atoms with Crippen LogP contribution < -0.4 is 4.74 Å². The monoisotopic (exact) mass is 250 g/mol. The van der Waals surface area contributed by atoms with Crippen LogP contribution in [0.4, 0.5) is 0 Å². The lowest BCUT2D eigenvalue weighted by Gasteiger charge is -2.18. The van der Waals surface area contributed by atoms with Crippen LogP contribution in [0.1, 0.15) is 47.8 Å². The minimum atomic E-state index is -0.258. The zero-order valence-electron chi connectivity index (χ0n) is 12.1. The van der Waals surface area contributed by atoms with Gasteiger partial charge in [0, 0.05) is 0 Å². The smallest absolute Gasteiger partial charge is 0.338 e. The highest BCUT2D eigenvalue weighted by Crippen LogP contribution is 2.28. The Kier molecular flexibility index (Phi) is 4.76. The fraction of sp³-hybridized carbons (Fsp3) is 0.533. The summed E-state index contributed by atoms with van der Waals surface area (Å²) in [6.07, 6.45) is 0.121. The largest absolute Gasteiger partial charge is 0.491 e. The topological polar surface area (TPSA) is 35.5 Å². The molecular weight excluding hydrogens is 228 g/mol. The van der Waals surface area contributed by atoms with Gasteiger partial charge >= 0.3 is 5.97 Å². The third-order valence-corrected chi connectivity index (χ3v) is 2.89. The van der Waals surface area contributed by atoms with Crippen molar-refractivity contribution in [1.82, 2.24) is 0 Å². The number of carbonyl (C=O) groups excluding carboxylic acids is 1. The van der Waals surface area contributed by atoms with E-state index in [0.29, 0.717) is 12.2 Å². The maximum absolute atomic E-state index is 11.9. The molecule has 100 valence electrons. The van der Waals surface area contributed by atoms with Crippen LogP contribution >= 0.6 is 0 Å². The van der Waals surface area contributed by atoms with Gasteiger partial charge in [0.15, 0.2) is 0 Å². The predicted octanol–water partition coefficient (Wildman–Crippen LogP) is 3.58. The molecule has 0 unspecified atom stereocenters. The van der Waals surface area contributed by atoms with E-state index in [4.69, 9.17) is 9.47 Å². The molecule has 1 aromatic carbocycles. The van der Waals surface area contributed by atoms with Gasteiger partial charge in [-0.25, -0.2) is 4.79 Å². The molecule has 0 spiro atoms. The fourth-order valence-electron chi connectivity index (χ4n) is 1.94. The Morgan fingerprint density at radius 3 is 2.33 bits per heavy atom. The maximum Gasteiger partial charge on any atom is 0.338 e. The number of esters is 1. The lowest BCUT2D eigenvalue weighted by Crippen LogP contribution is -2.13. The predicted molar refractivity (Wildman–Crippen MR) is 72.4 cm³/mol. The van der Waals surface area contributed by atoms with E-state index < -0.39 is 0 Å². The van der Waals surface area contributed by atoms with Gasteiger partial charge in [-0.2, -0.15) is 0 Å². The Morgan fingerprint density at radius 2 is 1.83 bits per heavy atom. The minimum absolute atomic E-state index is 0.121. The second-order valence-electron chi connectivity index (χ2n) is 4.70. The van der Waals surface area contributed by atoms with E-state index in [1.54, 1.807) is 0 Å². The summed E-state index contributed by atoms with van der Waals surface area (Å²) in [5.41, 5.74) is 3.49. The summed E-state index contributed by atoms with van der Waals surface area (Å²) in [4.78, 5) is 11.9. The zero-order valence-corrected chi connectivity index (χ0v) is 12.1. The lowest BCUT2D eigenvalue weighted by atomic mass is 9.97. The molecule has 0 fully saturated rings. The number of benzene rings is 1. The Morgan fingerprint density at radius 1 is 1.22 bits per heavy atom. The SMILES string of the molecule is CCOC(=O)c1c(C)cc(OC(C)C)c(C)c1C. The van der Waals surface area contributed by atoms with Crippen LogP contribution in [-0.4, -0.2) is 18.7 Å². The van der Waals surface area contributed by atoms with Crippen LogP contribution in [0.15, 0.2) is 6.07 Å². The number of ether oxygens (including phenoxy) is 2. The molecule has 18 heavy (non-hydrogen) atoms. The average Bonchev–Trinajstić information content (AvgIpc) is 2.25. The van der Waals surface area contributed by atoms with Crippen LogP contribution in [0.3, 0.4) is 0 Å². The molecule has 0 saturated heterocycles. The first-order chi connectivity index (χ1) is 8.38. The summed E-state index contributed by atoms with van der Waals surface area (Å²) < 4.78 is 10.8. The van der Waals surface area contributed by atoms with Crippen molar-refractivity contribution >= 4 is 5.97 Å². The molecule has 0 heterocycles. The molecule has 1 aromatic rings. The highest BCUT2D eigenvalue weighted by atomic mass is 16.5. The number of aryl methyl sites for hydroxylation is 1. The molecule has 0 atom stereocenters. The number of rotatable bonds is 4. The van der Waals surface area contributed by atoms with Gasteiger partial charge in [-0.3, -0.25) is 0 Å². The number of hydrogen-bond acceptors (Lipinski definition) is 3. The summed E-state index contributed by atoms with van der Waals surface area (Å²) >= 11 is 0. The molecular formula is C15H22O3. The van der Waals surface area contributed by atoms with Crippen molar-refractivity contribution in [3.63, 3.8) is 0 Å². The van der Waals surface area contributed by atoms with Crippen LogP contribution in [0.2, 0.25) is 0 Å². The van der Waals surface area contributed by atoms with Crippen LogP contribution in [0.25, 0.3) is 0 Å². The Hall–Kier alpha value is -1.51. The Labute approximate surface area is 109 Å². The van der Waals surface area contributed by atoms with Crippen LogP contribution in [0.5, 0.6) is 5.75 Å². The second-order valence-corrected chi connectivity index (χ2v) is 4.70. The summed E-state index contributed by atoms with van der Waals surface area (Å²) in [6.45, 7) is 12.0. The van der Waals surface area contributed by atoms with Crippen molar-refractivity contribution in [2.24, 2.45) is 0 Å². The third-order valence-electron chi connectivity index (χ3n) is 2.89. The van der Waals surface area contributed by atoms with E-state index in [0.717, 1.165) is 22.4 Å². The van der Waals surface area contributed by atoms with Gasteiger partial charge in [0.05, 0.1) is 18.3 Å². The van der Waals surface area contributed by atoms with Crippen LogP contribution in [0, 0.1) is 20.8 Å². The molecule has 0 aromatic heterocycles. The molecule has 0 saturated carbocycles. The van der Waals surface area contributed by atoms with E-state index in [1.807, 2.05) is 47.6 Å². The maximum atomic E-state index is 11.9. The average molecular weight is 250 g/mol. The summed E-state index contributed by atoms with van der Waals surface area (Å²) in [5.74, 6) is 0.583. The third kappa shape index (κ3) is 3.03. The minimum Gasteiger partial charge on any atom is -0.491 e. The Bertz CT molecular complexity index is 448. The van der Waals surface area contributed by atoms with Crippen LogP contribution in [-0.2, 0) is 4.74 Å². The first-order valence-electron chi connectivity index (χ1n) is 6.33. The van der Waals surface area contributed by atoms with Crippen molar-refractivity contribution in [3.05, 3.63) is 28.3 Å². The zero-order chi connectivity index (χ0) is 13.9. The summed E-state index contributed by atoms with van der Waals surface area (Å²) in [5, 5.41) is 0. The molecule has 0 aliphatic rings. The quantitative estimate of drug-likeness (QED) is 0.766. The standard InChI is InChI=1S/C15H22O3/c1-7-17-15(16)14-10(4)8-13(18-9(2)3)11(5)12(14)6/h8-9H,7H2,1-6H3. The van der Waals surface area contributed by atoms with Gasteiger partial charge in [-0.15, -0.1) is 0 Å². The highest BCUT2D eigenvalue weighted by Gasteiger charge is 2.18. The first-order valence-corrected chi connectivity index (χ1v) is 6.33. The van der Waals surface area contributed by atoms with Crippen molar-refractivity contribution in [3.8, 4) is 5.75 Å². The number of carbonyl (C=O) groups is 1. The molecule has 1 rings (SSSR count). The van der Waals surface area contributed by atoms with Gasteiger partial charge in [0.25, 0.3) is 0 Å². The summed E-state index contributed by atoms with van der Waals surface area (Å²) in [6, 6.07) is 1.91. The van der Waals surface area contributed by atoms with E-state index in [1.165, 1.54) is 0 Å². The molecule has 0 aliphatic heterocycles. The molecule has 0 aliphatic carbocycles. The van der Waals surface area contributed by atoms with Gasteiger partial charge in [-0.05, 0) is 64.3 Å². The van der Waals surface area contributed by atoms with Crippen molar-refractivity contribution in [2.45, 2.75) is 47.6 Å². The van der Waals surface area contributed by atoms with Gasteiger partial charge < -0.3 is 9.47 Å². The van der Waals surface area contributed by atoms with Gasteiger partial charge in [0.2, 0.25) is 0 Å². The molecule has 3 nitrogen and oxygen atoms in total. The number of hydrogen-bond donors (Lipinski definition) is 0. The van der Waals surface area contributed by atoms with Crippen molar-refractivity contribution in [2.75, 3.05) is 6.61 Å². The normalized spacial score (nSPS) is 10.6. The molecule has 0 bridgehead atoms. The molecule has 0 N–H and O–H groups in total. The summed E-state index contributed by atoms with van der Waals surface area (Å²) in [7, 11) is 0. The lowest BCUT2D eigenvalue weighted by molar-refractivity contribution is 0.0524. The van der Waals surface area contributed by atoms with E-state index in [9.17, 15) is 4.79 Å². The van der Waals surface area contributed by atoms with Gasteiger partial charge in [-0.1, -0.05) is 0 Å². The van der Waals surface area contributed by atoms with Crippen molar-refractivity contribution in [1.29, 1.82) is 0 Å². The second kappa shape index (κ2) is 5.89.